The molecular weight excluding hydrogens is 284 g/mol. The first-order chi connectivity index (χ1) is 10.1. The third-order valence-electron chi connectivity index (χ3n) is 4.02. The van der Waals surface area contributed by atoms with Crippen molar-refractivity contribution < 1.29 is 9.53 Å². The van der Waals surface area contributed by atoms with E-state index in [2.05, 4.69) is 11.6 Å². The number of amides is 1. The minimum Gasteiger partial charge on any atom is -0.494 e. The van der Waals surface area contributed by atoms with Crippen LogP contribution in [0.25, 0.3) is 0 Å². The van der Waals surface area contributed by atoms with E-state index in [4.69, 9.17) is 10.5 Å². The summed E-state index contributed by atoms with van der Waals surface area (Å²) < 4.78 is 5.64. The Bertz CT molecular complexity index is 499. The van der Waals surface area contributed by atoms with Gasteiger partial charge in [0.1, 0.15) is 5.75 Å². The summed E-state index contributed by atoms with van der Waals surface area (Å²) in [5.41, 5.74) is 6.94. The first kappa shape index (κ1) is 16.0. The summed E-state index contributed by atoms with van der Waals surface area (Å²) in [6.45, 7) is 3.18. The molecule has 1 aliphatic carbocycles. The van der Waals surface area contributed by atoms with Gasteiger partial charge in [-0.25, -0.2) is 0 Å². The number of hydrogen-bond donors (Lipinski definition) is 2. The zero-order valence-electron chi connectivity index (χ0n) is 12.8. The van der Waals surface area contributed by atoms with E-state index in [1.165, 1.54) is 25.7 Å². The molecule has 1 saturated carbocycles. The van der Waals surface area contributed by atoms with E-state index in [9.17, 15) is 4.79 Å². The van der Waals surface area contributed by atoms with Crippen molar-refractivity contribution in [3.8, 4) is 5.75 Å². The molecule has 1 amide bonds. The molecule has 4 nitrogen and oxygen atoms in total. The maximum Gasteiger partial charge on any atom is 0.251 e. The molecule has 0 spiro atoms. The van der Waals surface area contributed by atoms with Gasteiger partial charge in [0.2, 0.25) is 0 Å². The van der Waals surface area contributed by atoms with Crippen molar-refractivity contribution in [1.29, 1.82) is 0 Å². The Kier molecular flexibility index (Phi) is 5.39. The molecule has 0 heterocycles. The second kappa shape index (κ2) is 7.07. The van der Waals surface area contributed by atoms with Gasteiger partial charge in [-0.15, -0.1) is 0 Å². The zero-order valence-corrected chi connectivity index (χ0v) is 13.6. The molecular formula is C16H24N2O2S. The largest absolute Gasteiger partial charge is 0.494 e. The van der Waals surface area contributed by atoms with Gasteiger partial charge in [-0.2, -0.15) is 11.8 Å². The summed E-state index contributed by atoms with van der Waals surface area (Å²) in [5, 5.41) is 3.06. The monoisotopic (exact) mass is 308 g/mol. The van der Waals surface area contributed by atoms with Crippen LogP contribution in [0.4, 0.5) is 5.69 Å². The normalized spacial score (nSPS) is 16.7. The average Bonchev–Trinajstić information content (AvgIpc) is 2.94. The molecule has 0 saturated heterocycles. The Labute approximate surface area is 130 Å². The number of rotatable bonds is 6. The molecule has 21 heavy (non-hydrogen) atoms. The first-order valence-corrected chi connectivity index (χ1v) is 8.68. The Morgan fingerprint density at radius 1 is 1.38 bits per heavy atom. The van der Waals surface area contributed by atoms with Crippen LogP contribution >= 0.6 is 11.8 Å². The fraction of sp³-hybridized carbons (Fsp3) is 0.562. The van der Waals surface area contributed by atoms with Crippen LogP contribution in [0.5, 0.6) is 5.75 Å². The first-order valence-electron chi connectivity index (χ1n) is 7.45. The Balaban J connectivity index is 2.02. The van der Waals surface area contributed by atoms with Gasteiger partial charge in [0, 0.05) is 28.6 Å². The van der Waals surface area contributed by atoms with Gasteiger partial charge in [0.05, 0.1) is 6.61 Å². The zero-order chi connectivity index (χ0) is 15.3. The predicted octanol–water partition coefficient (Wildman–Crippen LogP) is 3.07. The number of thioether (sulfide) groups is 1. The average molecular weight is 308 g/mol. The fourth-order valence-electron chi connectivity index (χ4n) is 2.82. The number of nitrogen functional groups attached to an aromatic ring is 1. The summed E-state index contributed by atoms with van der Waals surface area (Å²) >= 11 is 1.87. The SMILES string of the molecule is CCOc1cc(N)cc(C(=O)NCC2(SC)CCCC2)c1. The molecule has 0 aromatic heterocycles. The number of hydrogen-bond acceptors (Lipinski definition) is 4. The highest BCUT2D eigenvalue weighted by Gasteiger charge is 2.33. The van der Waals surface area contributed by atoms with E-state index < -0.39 is 0 Å². The lowest BCUT2D eigenvalue weighted by atomic mass is 10.1. The second-order valence-corrected chi connectivity index (χ2v) is 6.77. The summed E-state index contributed by atoms with van der Waals surface area (Å²) in [6, 6.07) is 5.18. The smallest absolute Gasteiger partial charge is 0.251 e. The second-order valence-electron chi connectivity index (χ2n) is 5.50. The Hall–Kier alpha value is -1.36. The molecule has 1 aliphatic rings. The highest BCUT2D eigenvalue weighted by atomic mass is 32.2. The molecule has 0 radical (unpaired) electrons. The van der Waals surface area contributed by atoms with Crippen molar-refractivity contribution in [3.05, 3.63) is 23.8 Å². The number of nitrogens with one attached hydrogen (secondary N) is 1. The lowest BCUT2D eigenvalue weighted by Gasteiger charge is -2.27. The van der Waals surface area contributed by atoms with Crippen molar-refractivity contribution in [1.82, 2.24) is 5.32 Å². The molecule has 3 N–H and O–H groups in total. The van der Waals surface area contributed by atoms with Gasteiger partial charge in [-0.05, 0) is 38.2 Å². The van der Waals surface area contributed by atoms with Crippen LogP contribution < -0.4 is 15.8 Å². The van der Waals surface area contributed by atoms with Gasteiger partial charge in [0.25, 0.3) is 5.91 Å². The molecule has 0 bridgehead atoms. The minimum atomic E-state index is -0.0800. The third-order valence-corrected chi connectivity index (χ3v) is 5.44. The highest BCUT2D eigenvalue weighted by molar-refractivity contribution is 8.00. The Morgan fingerprint density at radius 3 is 2.71 bits per heavy atom. The van der Waals surface area contributed by atoms with Crippen molar-refractivity contribution >= 4 is 23.4 Å². The number of carbonyl (C=O) groups is 1. The van der Waals surface area contributed by atoms with E-state index >= 15 is 0 Å². The highest BCUT2D eigenvalue weighted by Crippen LogP contribution is 2.39. The van der Waals surface area contributed by atoms with Crippen molar-refractivity contribution in [2.75, 3.05) is 25.1 Å². The number of ether oxygens (including phenoxy) is 1. The maximum absolute atomic E-state index is 12.3. The molecule has 0 atom stereocenters. The van der Waals surface area contributed by atoms with Gasteiger partial charge in [-0.1, -0.05) is 12.8 Å². The molecule has 1 fully saturated rings. The molecule has 0 unspecified atom stereocenters. The number of benzene rings is 1. The van der Waals surface area contributed by atoms with Crippen molar-refractivity contribution in [2.45, 2.75) is 37.4 Å². The maximum atomic E-state index is 12.3. The van der Waals surface area contributed by atoms with Gasteiger partial charge in [-0.3, -0.25) is 4.79 Å². The number of anilines is 1. The molecule has 116 valence electrons. The van der Waals surface area contributed by atoms with Gasteiger partial charge >= 0.3 is 0 Å². The Morgan fingerprint density at radius 2 is 2.10 bits per heavy atom. The van der Waals surface area contributed by atoms with E-state index in [1.54, 1.807) is 18.2 Å². The third kappa shape index (κ3) is 4.06. The minimum absolute atomic E-state index is 0.0800. The lowest BCUT2D eigenvalue weighted by Crippen LogP contribution is -2.38. The van der Waals surface area contributed by atoms with Crippen LogP contribution in [0.3, 0.4) is 0 Å². The summed E-state index contributed by atoms with van der Waals surface area (Å²) in [6.07, 6.45) is 6.99. The van der Waals surface area contributed by atoms with Crippen LogP contribution in [-0.4, -0.2) is 30.1 Å². The van der Waals surface area contributed by atoms with E-state index in [0.29, 0.717) is 30.2 Å². The van der Waals surface area contributed by atoms with Crippen LogP contribution in [0, 0.1) is 0 Å². The van der Waals surface area contributed by atoms with E-state index in [0.717, 1.165) is 0 Å². The van der Waals surface area contributed by atoms with Gasteiger partial charge in [0.15, 0.2) is 0 Å². The number of carbonyl (C=O) groups excluding carboxylic acids is 1. The van der Waals surface area contributed by atoms with E-state index in [-0.39, 0.29) is 10.7 Å². The number of nitrogens with two attached hydrogens (primary N) is 1. The molecule has 2 rings (SSSR count). The summed E-state index contributed by atoms with van der Waals surface area (Å²) in [4.78, 5) is 12.3. The van der Waals surface area contributed by atoms with Crippen LogP contribution in [0.2, 0.25) is 0 Å². The van der Waals surface area contributed by atoms with Crippen LogP contribution in [0.15, 0.2) is 18.2 Å². The predicted molar refractivity (Wildman–Crippen MR) is 89.1 cm³/mol. The summed E-state index contributed by atoms with van der Waals surface area (Å²) in [5.74, 6) is 0.562. The molecule has 5 heteroatoms. The molecule has 1 aromatic rings. The van der Waals surface area contributed by atoms with Gasteiger partial charge < -0.3 is 15.8 Å². The summed E-state index contributed by atoms with van der Waals surface area (Å²) in [7, 11) is 0. The van der Waals surface area contributed by atoms with Crippen molar-refractivity contribution in [2.24, 2.45) is 0 Å². The lowest BCUT2D eigenvalue weighted by molar-refractivity contribution is 0.0949. The quantitative estimate of drug-likeness (QED) is 0.793. The molecule has 0 aliphatic heterocycles. The van der Waals surface area contributed by atoms with E-state index in [1.807, 2.05) is 18.7 Å². The molecule has 1 aromatic carbocycles. The standard InChI is InChI=1S/C16H24N2O2S/c1-3-20-14-9-12(8-13(17)10-14)15(19)18-11-16(21-2)6-4-5-7-16/h8-10H,3-7,11,17H2,1-2H3,(H,18,19). The van der Waals surface area contributed by atoms with Crippen molar-refractivity contribution in [3.63, 3.8) is 0 Å². The van der Waals surface area contributed by atoms with Crippen LogP contribution in [0.1, 0.15) is 43.0 Å². The topological polar surface area (TPSA) is 64.3 Å². The fourth-order valence-corrected chi connectivity index (χ4v) is 3.73. The van der Waals surface area contributed by atoms with Crippen LogP contribution in [-0.2, 0) is 0 Å².